The van der Waals surface area contributed by atoms with Gasteiger partial charge in [-0.3, -0.25) is 5.84 Å². The molecule has 1 aromatic heterocycles. The summed E-state index contributed by atoms with van der Waals surface area (Å²) in [5, 5.41) is 1.13. The average Bonchev–Trinajstić information content (AvgIpc) is 2.72. The van der Waals surface area contributed by atoms with Gasteiger partial charge in [0.1, 0.15) is 11.3 Å². The maximum Gasteiger partial charge on any atom is 0.134 e. The Bertz CT molecular complexity index is 443. The van der Waals surface area contributed by atoms with Crippen LogP contribution >= 0.6 is 0 Å². The van der Waals surface area contributed by atoms with Gasteiger partial charge in [0, 0.05) is 5.39 Å². The second-order valence-corrected chi connectivity index (χ2v) is 4.88. The fourth-order valence-corrected chi connectivity index (χ4v) is 1.98. The van der Waals surface area contributed by atoms with Crippen LogP contribution in [0.1, 0.15) is 38.5 Å². The third-order valence-corrected chi connectivity index (χ3v) is 3.02. The predicted molar refractivity (Wildman–Crippen MR) is 70.4 cm³/mol. The monoisotopic (exact) mass is 232 g/mol. The van der Waals surface area contributed by atoms with Crippen LogP contribution in [-0.4, -0.2) is 0 Å². The van der Waals surface area contributed by atoms with E-state index in [1.807, 2.05) is 18.2 Å². The lowest BCUT2D eigenvalue weighted by atomic mass is 10.0. The van der Waals surface area contributed by atoms with Gasteiger partial charge < -0.3 is 4.42 Å². The summed E-state index contributed by atoms with van der Waals surface area (Å²) in [6.45, 7) is 4.43. The van der Waals surface area contributed by atoms with Gasteiger partial charge in [-0.15, -0.1) is 0 Å². The first-order valence-corrected chi connectivity index (χ1v) is 6.15. The third kappa shape index (κ3) is 2.87. The lowest BCUT2D eigenvalue weighted by Crippen LogP contribution is -2.27. The Kier molecular flexibility index (Phi) is 3.82. The van der Waals surface area contributed by atoms with Crippen molar-refractivity contribution in [3.05, 3.63) is 36.1 Å². The number of hydrogen-bond acceptors (Lipinski definition) is 3. The zero-order valence-corrected chi connectivity index (χ0v) is 10.4. The highest BCUT2D eigenvalue weighted by molar-refractivity contribution is 5.77. The largest absolute Gasteiger partial charge is 0.459 e. The first-order chi connectivity index (χ1) is 8.20. The van der Waals surface area contributed by atoms with Crippen LogP contribution in [0.5, 0.6) is 0 Å². The molecule has 0 bridgehead atoms. The highest BCUT2D eigenvalue weighted by atomic mass is 16.3. The molecule has 0 saturated carbocycles. The van der Waals surface area contributed by atoms with Crippen LogP contribution in [0.4, 0.5) is 0 Å². The van der Waals surface area contributed by atoms with Gasteiger partial charge in [-0.25, -0.2) is 5.43 Å². The normalized spacial score (nSPS) is 13.4. The summed E-state index contributed by atoms with van der Waals surface area (Å²) in [5.74, 6) is 7.20. The van der Waals surface area contributed by atoms with E-state index < -0.39 is 0 Å². The fourth-order valence-electron chi connectivity index (χ4n) is 1.98. The standard InChI is InChI=1S/C14H20N2O/c1-10(2)7-8-12(16-15)14-9-11-5-3-4-6-13(11)17-14/h3-6,9-10,12,16H,7-8,15H2,1-2H3. The first-order valence-electron chi connectivity index (χ1n) is 6.15. The van der Waals surface area contributed by atoms with Gasteiger partial charge in [0.15, 0.2) is 0 Å². The molecule has 1 heterocycles. The molecule has 0 aliphatic heterocycles. The Labute approximate surface area is 102 Å². The van der Waals surface area contributed by atoms with Crippen molar-refractivity contribution in [1.29, 1.82) is 0 Å². The molecular formula is C14H20N2O. The van der Waals surface area contributed by atoms with Gasteiger partial charge in [0.25, 0.3) is 0 Å². The Balaban J connectivity index is 2.18. The van der Waals surface area contributed by atoms with Gasteiger partial charge >= 0.3 is 0 Å². The molecule has 0 aliphatic rings. The molecule has 0 amide bonds. The predicted octanol–water partition coefficient (Wildman–Crippen LogP) is 3.37. The van der Waals surface area contributed by atoms with Crippen LogP contribution in [0.25, 0.3) is 11.0 Å². The van der Waals surface area contributed by atoms with Crippen molar-refractivity contribution >= 4 is 11.0 Å². The molecule has 2 aromatic rings. The summed E-state index contributed by atoms with van der Waals surface area (Å²) < 4.78 is 5.81. The van der Waals surface area contributed by atoms with E-state index in [0.717, 1.165) is 29.6 Å². The fraction of sp³-hybridized carbons (Fsp3) is 0.429. The molecule has 0 spiro atoms. The van der Waals surface area contributed by atoms with Gasteiger partial charge in [-0.1, -0.05) is 32.0 Å². The number of fused-ring (bicyclic) bond motifs is 1. The molecule has 17 heavy (non-hydrogen) atoms. The molecule has 3 N–H and O–H groups in total. The number of nitrogens with one attached hydrogen (secondary N) is 1. The van der Waals surface area contributed by atoms with Crippen molar-refractivity contribution in [1.82, 2.24) is 5.43 Å². The molecule has 1 atom stereocenters. The van der Waals surface area contributed by atoms with Crippen LogP contribution in [0.15, 0.2) is 34.7 Å². The van der Waals surface area contributed by atoms with Gasteiger partial charge in [0.2, 0.25) is 0 Å². The number of rotatable bonds is 5. The summed E-state index contributed by atoms with van der Waals surface area (Å²) >= 11 is 0. The summed E-state index contributed by atoms with van der Waals surface area (Å²) in [5.41, 5.74) is 3.76. The van der Waals surface area contributed by atoms with Crippen LogP contribution in [0, 0.1) is 5.92 Å². The van der Waals surface area contributed by atoms with Crippen LogP contribution in [0.3, 0.4) is 0 Å². The quantitative estimate of drug-likeness (QED) is 0.614. The summed E-state index contributed by atoms with van der Waals surface area (Å²) in [6, 6.07) is 10.2. The van der Waals surface area contributed by atoms with E-state index >= 15 is 0 Å². The van der Waals surface area contributed by atoms with Crippen molar-refractivity contribution < 1.29 is 4.42 Å². The Morgan fingerprint density at radius 1 is 1.24 bits per heavy atom. The molecule has 2 rings (SSSR count). The summed E-state index contributed by atoms with van der Waals surface area (Å²) in [4.78, 5) is 0. The number of furan rings is 1. The van der Waals surface area contributed by atoms with E-state index in [9.17, 15) is 0 Å². The SMILES string of the molecule is CC(C)CCC(NN)c1cc2ccccc2o1. The third-order valence-electron chi connectivity index (χ3n) is 3.02. The van der Waals surface area contributed by atoms with Crippen molar-refractivity contribution in [2.24, 2.45) is 11.8 Å². The lowest BCUT2D eigenvalue weighted by Gasteiger charge is -2.14. The second kappa shape index (κ2) is 5.34. The number of nitrogens with two attached hydrogens (primary N) is 1. The van der Waals surface area contributed by atoms with E-state index in [0.29, 0.717) is 5.92 Å². The maximum absolute atomic E-state index is 5.81. The molecule has 3 nitrogen and oxygen atoms in total. The smallest absolute Gasteiger partial charge is 0.134 e. The minimum atomic E-state index is 0.102. The van der Waals surface area contributed by atoms with E-state index in [1.54, 1.807) is 0 Å². The minimum absolute atomic E-state index is 0.102. The zero-order chi connectivity index (χ0) is 12.3. The van der Waals surface area contributed by atoms with Gasteiger partial charge in [-0.2, -0.15) is 0 Å². The van der Waals surface area contributed by atoms with Gasteiger partial charge in [-0.05, 0) is 30.9 Å². The number of hydrogen-bond donors (Lipinski definition) is 2. The van der Waals surface area contributed by atoms with Crippen molar-refractivity contribution in [2.75, 3.05) is 0 Å². The first kappa shape index (κ1) is 12.1. The minimum Gasteiger partial charge on any atom is -0.459 e. The van der Waals surface area contributed by atoms with Crippen molar-refractivity contribution in [3.8, 4) is 0 Å². The lowest BCUT2D eigenvalue weighted by molar-refractivity contribution is 0.387. The maximum atomic E-state index is 5.81. The molecule has 92 valence electrons. The number of benzene rings is 1. The molecule has 3 heteroatoms. The molecule has 0 aliphatic carbocycles. The van der Waals surface area contributed by atoms with E-state index in [4.69, 9.17) is 10.3 Å². The number of para-hydroxylation sites is 1. The van der Waals surface area contributed by atoms with Crippen LogP contribution in [-0.2, 0) is 0 Å². The zero-order valence-electron chi connectivity index (χ0n) is 10.4. The summed E-state index contributed by atoms with van der Waals surface area (Å²) in [7, 11) is 0. The van der Waals surface area contributed by atoms with Gasteiger partial charge in [0.05, 0.1) is 6.04 Å². The van der Waals surface area contributed by atoms with Crippen molar-refractivity contribution in [2.45, 2.75) is 32.7 Å². The topological polar surface area (TPSA) is 51.2 Å². The Morgan fingerprint density at radius 2 is 2.00 bits per heavy atom. The van der Waals surface area contributed by atoms with Crippen LogP contribution in [0.2, 0.25) is 0 Å². The van der Waals surface area contributed by atoms with Crippen LogP contribution < -0.4 is 11.3 Å². The molecule has 0 saturated heterocycles. The molecule has 0 radical (unpaired) electrons. The molecule has 0 fully saturated rings. The molecule has 1 aromatic carbocycles. The average molecular weight is 232 g/mol. The van der Waals surface area contributed by atoms with E-state index in [1.165, 1.54) is 0 Å². The second-order valence-electron chi connectivity index (χ2n) is 4.88. The number of hydrazine groups is 1. The Hall–Kier alpha value is -1.32. The highest BCUT2D eigenvalue weighted by Crippen LogP contribution is 2.26. The molecular weight excluding hydrogens is 212 g/mol. The van der Waals surface area contributed by atoms with Crippen molar-refractivity contribution in [3.63, 3.8) is 0 Å². The molecule has 1 unspecified atom stereocenters. The van der Waals surface area contributed by atoms with E-state index in [-0.39, 0.29) is 6.04 Å². The van der Waals surface area contributed by atoms with E-state index in [2.05, 4.69) is 31.4 Å². The summed E-state index contributed by atoms with van der Waals surface area (Å²) in [6.07, 6.45) is 2.12. The highest BCUT2D eigenvalue weighted by Gasteiger charge is 2.15. The Morgan fingerprint density at radius 3 is 2.65 bits per heavy atom.